The molecule has 2 aliphatic heterocycles. The summed E-state index contributed by atoms with van der Waals surface area (Å²) in [6.07, 6.45) is 4.72. The number of rotatable bonds is 7. The topological polar surface area (TPSA) is 50.8 Å². The number of fused-ring (bicyclic) bond motifs is 3. The van der Waals surface area contributed by atoms with E-state index < -0.39 is 5.66 Å². The van der Waals surface area contributed by atoms with Crippen LogP contribution in [0.5, 0.6) is 11.5 Å². The third-order valence-corrected chi connectivity index (χ3v) is 7.41. The Hall–Kier alpha value is -3.73. The van der Waals surface area contributed by atoms with Crippen LogP contribution in [0.3, 0.4) is 0 Å². The smallest absolute Gasteiger partial charge is 0.223 e. The van der Waals surface area contributed by atoms with E-state index in [9.17, 15) is 4.79 Å². The van der Waals surface area contributed by atoms with Crippen LogP contribution in [0.25, 0.3) is 6.08 Å². The monoisotopic (exact) mass is 482 g/mol. The van der Waals surface area contributed by atoms with Crippen LogP contribution in [0.4, 0.5) is 5.69 Å². The molecule has 1 atom stereocenters. The molecule has 5 rings (SSSR count). The Kier molecular flexibility index (Phi) is 6.25. The van der Waals surface area contributed by atoms with E-state index in [-0.39, 0.29) is 11.3 Å². The molecule has 1 amide bonds. The zero-order valence-corrected chi connectivity index (χ0v) is 21.5. The number of hydrogen-bond donors (Lipinski definition) is 1. The van der Waals surface area contributed by atoms with Crippen molar-refractivity contribution in [3.63, 3.8) is 0 Å². The molecule has 1 N–H and O–H groups in total. The Morgan fingerprint density at radius 2 is 1.81 bits per heavy atom. The van der Waals surface area contributed by atoms with Crippen LogP contribution in [0.15, 0.2) is 72.8 Å². The molecule has 0 unspecified atom stereocenters. The molecule has 2 aliphatic rings. The van der Waals surface area contributed by atoms with Crippen molar-refractivity contribution in [2.24, 2.45) is 0 Å². The predicted molar refractivity (Wildman–Crippen MR) is 144 cm³/mol. The molecule has 36 heavy (non-hydrogen) atoms. The molecule has 2 heterocycles. The van der Waals surface area contributed by atoms with Crippen molar-refractivity contribution in [3.8, 4) is 11.5 Å². The number of carbonyl (C=O) groups is 1. The summed E-state index contributed by atoms with van der Waals surface area (Å²) in [5.74, 6) is 1.50. The van der Waals surface area contributed by atoms with Gasteiger partial charge in [0.1, 0.15) is 12.3 Å². The Balaban J connectivity index is 1.47. The molecule has 5 nitrogen and oxygen atoms in total. The normalized spacial score (nSPS) is 20.1. The summed E-state index contributed by atoms with van der Waals surface area (Å²) in [5, 5.41) is 3.35. The van der Waals surface area contributed by atoms with Crippen LogP contribution < -0.4 is 19.7 Å². The number of nitrogens with zero attached hydrogens (tertiary/aromatic N) is 1. The van der Waals surface area contributed by atoms with Gasteiger partial charge in [-0.05, 0) is 54.8 Å². The third-order valence-electron chi connectivity index (χ3n) is 7.41. The number of hydrogen-bond acceptors (Lipinski definition) is 4. The lowest BCUT2D eigenvalue weighted by Gasteiger charge is -2.49. The minimum atomic E-state index is -0.646. The standard InChI is InChI=1S/C31H34N2O3/c1-5-35-28-20-23(12-14-27(28)36-21-24-9-7-6-8-10-24)15-17-31-30(3,4)25-19-22(2)11-13-26(25)33(31)18-16-29(34)32-31/h6-15,17,19-20H,5,16,18,21H2,1-4H3,(H,32,34)/b17-15+/t31-/m0/s1. The van der Waals surface area contributed by atoms with Crippen LogP contribution in [-0.4, -0.2) is 24.7 Å². The number of aryl methyl sites for hydroxylation is 1. The maximum absolute atomic E-state index is 12.7. The SMILES string of the molecule is CCOc1cc(/C=C/[C@]23NC(=O)CCN2c2ccc(C)cc2C3(C)C)ccc1OCc1ccccc1. The lowest BCUT2D eigenvalue weighted by atomic mass is 9.74. The molecule has 5 heteroatoms. The van der Waals surface area contributed by atoms with Crippen LogP contribution in [0, 0.1) is 6.92 Å². The largest absolute Gasteiger partial charge is 0.490 e. The molecule has 0 aromatic heterocycles. The minimum absolute atomic E-state index is 0.0770. The molecule has 0 saturated carbocycles. The van der Waals surface area contributed by atoms with Gasteiger partial charge in [0, 0.05) is 24.1 Å². The van der Waals surface area contributed by atoms with Gasteiger partial charge < -0.3 is 19.7 Å². The van der Waals surface area contributed by atoms with Crippen LogP contribution in [0.2, 0.25) is 0 Å². The van der Waals surface area contributed by atoms with Crippen molar-refractivity contribution in [3.05, 3.63) is 95.1 Å². The zero-order chi connectivity index (χ0) is 25.3. The van der Waals surface area contributed by atoms with Gasteiger partial charge in [0.2, 0.25) is 5.91 Å². The molecule has 0 spiro atoms. The van der Waals surface area contributed by atoms with Crippen molar-refractivity contribution in [1.82, 2.24) is 5.32 Å². The molecule has 3 aromatic carbocycles. The molecular weight excluding hydrogens is 448 g/mol. The van der Waals surface area contributed by atoms with Crippen LogP contribution >= 0.6 is 0 Å². The van der Waals surface area contributed by atoms with Gasteiger partial charge in [-0.2, -0.15) is 0 Å². The molecule has 0 aliphatic carbocycles. The number of amides is 1. The quantitative estimate of drug-likeness (QED) is 0.449. The first kappa shape index (κ1) is 24.0. The Morgan fingerprint density at radius 3 is 2.58 bits per heavy atom. The molecular formula is C31H34N2O3. The average molecular weight is 483 g/mol. The third kappa shape index (κ3) is 4.13. The first-order valence-electron chi connectivity index (χ1n) is 12.7. The predicted octanol–water partition coefficient (Wildman–Crippen LogP) is 6.00. The fourth-order valence-electron chi connectivity index (χ4n) is 5.44. The van der Waals surface area contributed by atoms with Gasteiger partial charge in [0.15, 0.2) is 11.5 Å². The van der Waals surface area contributed by atoms with Gasteiger partial charge in [-0.1, -0.05) is 74.0 Å². The summed E-state index contributed by atoms with van der Waals surface area (Å²) in [5.41, 5.74) is 4.80. The van der Waals surface area contributed by atoms with E-state index in [0.717, 1.165) is 11.1 Å². The molecule has 3 aromatic rings. The van der Waals surface area contributed by atoms with Crippen molar-refractivity contribution in [2.75, 3.05) is 18.1 Å². The maximum Gasteiger partial charge on any atom is 0.223 e. The van der Waals surface area contributed by atoms with Crippen molar-refractivity contribution >= 4 is 17.7 Å². The highest BCUT2D eigenvalue weighted by Crippen LogP contribution is 2.52. The second-order valence-corrected chi connectivity index (χ2v) is 10.1. The van der Waals surface area contributed by atoms with Crippen LogP contribution in [0.1, 0.15) is 49.4 Å². The summed E-state index contributed by atoms with van der Waals surface area (Å²) < 4.78 is 12.0. The average Bonchev–Trinajstić information content (AvgIpc) is 3.06. The summed E-state index contributed by atoms with van der Waals surface area (Å²) in [4.78, 5) is 15.0. The lowest BCUT2D eigenvalue weighted by Crippen LogP contribution is -2.68. The summed E-state index contributed by atoms with van der Waals surface area (Å²) in [6.45, 7) is 10.2. The highest BCUT2D eigenvalue weighted by atomic mass is 16.5. The van der Waals surface area contributed by atoms with Crippen LogP contribution in [-0.2, 0) is 16.8 Å². The highest BCUT2D eigenvalue weighted by Gasteiger charge is 2.57. The number of nitrogens with one attached hydrogen (secondary N) is 1. The second-order valence-electron chi connectivity index (χ2n) is 10.1. The molecule has 0 radical (unpaired) electrons. The van der Waals surface area contributed by atoms with E-state index >= 15 is 0 Å². The van der Waals surface area contributed by atoms with E-state index in [0.29, 0.717) is 37.7 Å². The van der Waals surface area contributed by atoms with Gasteiger partial charge in [-0.3, -0.25) is 4.79 Å². The summed E-state index contributed by atoms with van der Waals surface area (Å²) in [6, 6.07) is 22.7. The number of anilines is 1. The summed E-state index contributed by atoms with van der Waals surface area (Å²) in [7, 11) is 0. The van der Waals surface area contributed by atoms with E-state index in [4.69, 9.17) is 9.47 Å². The van der Waals surface area contributed by atoms with E-state index in [1.54, 1.807) is 0 Å². The number of ether oxygens (including phenoxy) is 2. The Labute approximate surface area is 213 Å². The van der Waals surface area contributed by atoms with Gasteiger partial charge in [0.05, 0.1) is 6.61 Å². The van der Waals surface area contributed by atoms with Crippen molar-refractivity contribution in [2.45, 2.75) is 51.8 Å². The first-order chi connectivity index (χ1) is 17.3. The van der Waals surface area contributed by atoms with E-state index in [1.165, 1.54) is 16.8 Å². The highest BCUT2D eigenvalue weighted by molar-refractivity contribution is 5.84. The summed E-state index contributed by atoms with van der Waals surface area (Å²) >= 11 is 0. The van der Waals surface area contributed by atoms with E-state index in [2.05, 4.69) is 61.3 Å². The second kappa shape index (κ2) is 9.38. The Bertz CT molecular complexity index is 1300. The fraction of sp³-hybridized carbons (Fsp3) is 0.323. The van der Waals surface area contributed by atoms with Crippen molar-refractivity contribution < 1.29 is 14.3 Å². The Morgan fingerprint density at radius 1 is 1.00 bits per heavy atom. The maximum atomic E-state index is 12.7. The van der Waals surface area contributed by atoms with Gasteiger partial charge in [0.25, 0.3) is 0 Å². The zero-order valence-electron chi connectivity index (χ0n) is 21.5. The minimum Gasteiger partial charge on any atom is -0.490 e. The number of carbonyl (C=O) groups excluding carboxylic acids is 1. The van der Waals surface area contributed by atoms with E-state index in [1.807, 2.05) is 55.5 Å². The molecule has 186 valence electrons. The molecule has 1 fully saturated rings. The number of benzene rings is 3. The van der Waals surface area contributed by atoms with Gasteiger partial charge in [-0.25, -0.2) is 0 Å². The van der Waals surface area contributed by atoms with Crippen molar-refractivity contribution in [1.29, 1.82) is 0 Å². The van der Waals surface area contributed by atoms with Gasteiger partial charge in [-0.15, -0.1) is 0 Å². The lowest BCUT2D eigenvalue weighted by molar-refractivity contribution is -0.124. The molecule has 0 bridgehead atoms. The van der Waals surface area contributed by atoms with Gasteiger partial charge >= 0.3 is 0 Å². The first-order valence-corrected chi connectivity index (χ1v) is 12.7. The molecule has 1 saturated heterocycles. The fourth-order valence-corrected chi connectivity index (χ4v) is 5.44.